The van der Waals surface area contributed by atoms with Crippen LogP contribution in [0.4, 0.5) is 0 Å². The van der Waals surface area contributed by atoms with Crippen molar-refractivity contribution in [2.75, 3.05) is 13.2 Å². The molecule has 0 radical (unpaired) electrons. The van der Waals surface area contributed by atoms with Crippen molar-refractivity contribution in [3.8, 4) is 0 Å². The lowest BCUT2D eigenvalue weighted by Gasteiger charge is -2.41. The Morgan fingerprint density at radius 3 is 1.57 bits per heavy atom. The number of hydrogen-bond donors (Lipinski definition) is 6. The van der Waals surface area contributed by atoms with Gasteiger partial charge in [-0.15, -0.1) is 0 Å². The molecule has 11 heteroatoms. The lowest BCUT2D eigenvalue weighted by molar-refractivity contribution is -0.305. The number of aliphatic hydroxyl groups excluding tert-OH is 5. The van der Waals surface area contributed by atoms with E-state index in [1.807, 2.05) is 6.08 Å². The van der Waals surface area contributed by atoms with Gasteiger partial charge in [0.2, 0.25) is 5.91 Å². The van der Waals surface area contributed by atoms with E-state index in [1.54, 1.807) is 6.08 Å². The maximum atomic E-state index is 13.3. The fraction of sp³-hybridized carbons (Fsp3) is 0.860. The number of ether oxygens (including phenoxy) is 3. The van der Waals surface area contributed by atoms with Crippen LogP contribution in [0.2, 0.25) is 0 Å². The van der Waals surface area contributed by atoms with Crippen molar-refractivity contribution in [1.29, 1.82) is 0 Å². The molecule has 1 heterocycles. The molecule has 1 saturated heterocycles. The Labute approximate surface area is 415 Å². The van der Waals surface area contributed by atoms with Crippen LogP contribution in [0, 0.1) is 0 Å². The normalized spacial score (nSPS) is 20.1. The minimum Gasteiger partial charge on any atom is -0.454 e. The van der Waals surface area contributed by atoms with Crippen LogP contribution in [0.5, 0.6) is 0 Å². The Morgan fingerprint density at radius 2 is 1.06 bits per heavy atom. The SMILES string of the molecule is CC/C=C/C/C=C/CCCCCCCCC(O)C(=O)NC(COC1OC(CO)C(O)C(O)C1OC(=O)CCCCCCCCCCCCCCCCC)C(O)/C=C/CCCCCCCCCCC. The highest BCUT2D eigenvalue weighted by molar-refractivity contribution is 5.80. The highest BCUT2D eigenvalue weighted by Gasteiger charge is 2.47. The van der Waals surface area contributed by atoms with E-state index < -0.39 is 67.4 Å². The summed E-state index contributed by atoms with van der Waals surface area (Å²) in [7, 11) is 0. The highest BCUT2D eigenvalue weighted by Crippen LogP contribution is 2.26. The molecular weight excluding hydrogens is 859 g/mol. The largest absolute Gasteiger partial charge is 0.454 e. The Bertz CT molecular complexity index is 1240. The van der Waals surface area contributed by atoms with Crippen LogP contribution in [-0.4, -0.2) is 99.6 Å². The van der Waals surface area contributed by atoms with Gasteiger partial charge in [-0.3, -0.25) is 9.59 Å². The summed E-state index contributed by atoms with van der Waals surface area (Å²) in [6.45, 7) is 5.66. The van der Waals surface area contributed by atoms with Gasteiger partial charge in [-0.05, 0) is 51.4 Å². The molecule has 0 spiro atoms. The van der Waals surface area contributed by atoms with Gasteiger partial charge in [-0.2, -0.15) is 0 Å². The van der Waals surface area contributed by atoms with Crippen LogP contribution in [0.15, 0.2) is 36.5 Å². The highest BCUT2D eigenvalue weighted by atomic mass is 16.7. The first-order valence-electron chi connectivity index (χ1n) is 28.3. The van der Waals surface area contributed by atoms with Gasteiger partial charge in [0.25, 0.3) is 0 Å². The van der Waals surface area contributed by atoms with Crippen LogP contribution >= 0.6 is 0 Å². The summed E-state index contributed by atoms with van der Waals surface area (Å²) in [6, 6.07) is -1.02. The van der Waals surface area contributed by atoms with E-state index in [9.17, 15) is 35.1 Å². The molecular formula is C57H105NO10. The standard InChI is InChI=1S/C57H105NO10/c1-4-7-10-13-16-19-22-24-25-27-30-33-36-39-42-45-52(62)68-55-54(64)53(63)51(46-59)67-57(55)66-47-48(49(60)43-40-37-34-31-28-21-18-15-12-9-6-3)58-56(65)50(61)44-41-38-35-32-29-26-23-20-17-14-11-8-5-2/h8,11,17,20,40,43,48-51,53-55,57,59-61,63-64H,4-7,9-10,12-16,18-19,21-39,41-42,44-47H2,1-3H3,(H,58,65)/b11-8+,20-17+,43-40+. The molecule has 1 fully saturated rings. The molecule has 1 rings (SSSR count). The molecule has 1 aliphatic heterocycles. The molecule has 68 heavy (non-hydrogen) atoms. The van der Waals surface area contributed by atoms with Crippen molar-refractivity contribution in [1.82, 2.24) is 5.32 Å². The van der Waals surface area contributed by atoms with Crippen molar-refractivity contribution in [2.24, 2.45) is 0 Å². The lowest BCUT2D eigenvalue weighted by atomic mass is 9.99. The second-order valence-corrected chi connectivity index (χ2v) is 19.6. The minimum atomic E-state index is -1.61. The first kappa shape index (κ1) is 63.9. The predicted molar refractivity (Wildman–Crippen MR) is 278 cm³/mol. The van der Waals surface area contributed by atoms with Crippen molar-refractivity contribution < 1.29 is 49.3 Å². The Hall–Kier alpha value is -2.12. The molecule has 1 amide bonds. The summed E-state index contributed by atoms with van der Waals surface area (Å²) < 4.78 is 17.6. The summed E-state index contributed by atoms with van der Waals surface area (Å²) in [5.41, 5.74) is 0. The first-order valence-corrected chi connectivity index (χ1v) is 28.3. The Morgan fingerprint density at radius 1 is 0.588 bits per heavy atom. The second kappa shape index (κ2) is 46.0. The zero-order valence-corrected chi connectivity index (χ0v) is 43.7. The van der Waals surface area contributed by atoms with Gasteiger partial charge in [-0.1, -0.05) is 231 Å². The van der Waals surface area contributed by atoms with Gasteiger partial charge in [0.15, 0.2) is 12.4 Å². The summed E-state index contributed by atoms with van der Waals surface area (Å²) in [4.78, 5) is 26.4. The molecule has 0 saturated carbocycles. The number of amides is 1. The average Bonchev–Trinajstić information content (AvgIpc) is 3.33. The number of rotatable bonds is 47. The number of unbranched alkanes of at least 4 members (excludes halogenated alkanes) is 29. The van der Waals surface area contributed by atoms with Crippen LogP contribution in [0.25, 0.3) is 0 Å². The molecule has 398 valence electrons. The number of carbonyl (C=O) groups excluding carboxylic acids is 2. The third-order valence-corrected chi connectivity index (χ3v) is 13.3. The van der Waals surface area contributed by atoms with Gasteiger partial charge in [0.05, 0.1) is 25.4 Å². The van der Waals surface area contributed by atoms with Crippen molar-refractivity contribution >= 4 is 11.9 Å². The van der Waals surface area contributed by atoms with E-state index >= 15 is 0 Å². The van der Waals surface area contributed by atoms with Crippen LogP contribution in [-0.2, 0) is 23.8 Å². The second-order valence-electron chi connectivity index (χ2n) is 19.6. The number of aliphatic hydroxyl groups is 5. The Balaban J connectivity index is 2.73. The fourth-order valence-electron chi connectivity index (χ4n) is 8.81. The van der Waals surface area contributed by atoms with E-state index in [0.29, 0.717) is 12.8 Å². The summed E-state index contributed by atoms with van der Waals surface area (Å²) in [5.74, 6) is -1.20. The van der Waals surface area contributed by atoms with E-state index in [2.05, 4.69) is 50.4 Å². The molecule has 6 N–H and O–H groups in total. The molecule has 0 aromatic heterocycles. The number of carbonyl (C=O) groups is 2. The van der Waals surface area contributed by atoms with Gasteiger partial charge in [-0.25, -0.2) is 0 Å². The van der Waals surface area contributed by atoms with Gasteiger partial charge >= 0.3 is 5.97 Å². The zero-order valence-electron chi connectivity index (χ0n) is 43.7. The number of hydrogen-bond acceptors (Lipinski definition) is 10. The third-order valence-electron chi connectivity index (χ3n) is 13.3. The smallest absolute Gasteiger partial charge is 0.306 e. The van der Waals surface area contributed by atoms with Crippen LogP contribution in [0.1, 0.15) is 252 Å². The van der Waals surface area contributed by atoms with Crippen molar-refractivity contribution in [3.63, 3.8) is 0 Å². The number of allylic oxidation sites excluding steroid dienone is 5. The maximum Gasteiger partial charge on any atom is 0.306 e. The molecule has 8 unspecified atom stereocenters. The fourth-order valence-corrected chi connectivity index (χ4v) is 8.81. The Kier molecular flexibility index (Phi) is 43.2. The van der Waals surface area contributed by atoms with Crippen LogP contribution < -0.4 is 5.32 Å². The summed E-state index contributed by atoms with van der Waals surface area (Å²) in [5, 5.41) is 56.7. The third kappa shape index (κ3) is 34.2. The first-order chi connectivity index (χ1) is 33.2. The summed E-state index contributed by atoms with van der Waals surface area (Å²) >= 11 is 0. The quantitative estimate of drug-likeness (QED) is 0.0196. The molecule has 0 bridgehead atoms. The van der Waals surface area contributed by atoms with Crippen molar-refractivity contribution in [2.45, 2.75) is 301 Å². The van der Waals surface area contributed by atoms with Gasteiger partial charge in [0.1, 0.15) is 24.4 Å². The predicted octanol–water partition coefficient (Wildman–Crippen LogP) is 12.3. The van der Waals surface area contributed by atoms with Gasteiger partial charge < -0.3 is 45.1 Å². The van der Waals surface area contributed by atoms with E-state index in [0.717, 1.165) is 89.9 Å². The van der Waals surface area contributed by atoms with E-state index in [4.69, 9.17) is 14.2 Å². The molecule has 8 atom stereocenters. The minimum absolute atomic E-state index is 0.127. The molecule has 11 nitrogen and oxygen atoms in total. The van der Waals surface area contributed by atoms with E-state index in [1.165, 1.54) is 116 Å². The molecule has 0 aromatic rings. The molecule has 0 aromatic carbocycles. The van der Waals surface area contributed by atoms with E-state index in [-0.39, 0.29) is 19.4 Å². The number of esters is 1. The monoisotopic (exact) mass is 964 g/mol. The maximum absolute atomic E-state index is 13.3. The molecule has 1 aliphatic rings. The molecule has 0 aliphatic carbocycles. The van der Waals surface area contributed by atoms with Crippen molar-refractivity contribution in [3.05, 3.63) is 36.5 Å². The lowest BCUT2D eigenvalue weighted by Crippen LogP contribution is -2.61. The van der Waals surface area contributed by atoms with Gasteiger partial charge in [0, 0.05) is 6.42 Å². The zero-order chi connectivity index (χ0) is 49.7. The topological polar surface area (TPSA) is 175 Å². The average molecular weight is 964 g/mol. The van der Waals surface area contributed by atoms with Crippen LogP contribution in [0.3, 0.4) is 0 Å². The number of nitrogens with one attached hydrogen (secondary N) is 1. The summed E-state index contributed by atoms with van der Waals surface area (Å²) in [6.07, 6.45) is 41.9.